The van der Waals surface area contributed by atoms with Gasteiger partial charge in [-0.1, -0.05) is 42.1 Å². The molecule has 0 unspecified atom stereocenters. The lowest BCUT2D eigenvalue weighted by atomic mass is 10.1. The molecular formula is C24H17N5O3S. The summed E-state index contributed by atoms with van der Waals surface area (Å²) in [5.74, 6) is 0.361. The molecule has 5 rings (SSSR count). The van der Waals surface area contributed by atoms with Crippen molar-refractivity contribution in [2.45, 2.75) is 10.9 Å². The van der Waals surface area contributed by atoms with Crippen LogP contribution in [0, 0.1) is 0 Å². The fraction of sp³-hybridized carbons (Fsp3) is 0.0417. The number of thioether (sulfide) groups is 1. The topological polar surface area (TPSA) is 114 Å². The second kappa shape index (κ2) is 9.09. The molecule has 2 N–H and O–H groups in total. The molecule has 3 aromatic heterocycles. The van der Waals surface area contributed by atoms with Gasteiger partial charge in [0.25, 0.3) is 11.5 Å². The van der Waals surface area contributed by atoms with Gasteiger partial charge in [0.2, 0.25) is 0 Å². The number of rotatable bonds is 6. The van der Waals surface area contributed by atoms with Crippen molar-refractivity contribution in [3.8, 4) is 11.3 Å². The maximum atomic E-state index is 13.2. The fourth-order valence-corrected chi connectivity index (χ4v) is 4.20. The van der Waals surface area contributed by atoms with Crippen molar-refractivity contribution in [1.29, 1.82) is 0 Å². The van der Waals surface area contributed by atoms with Gasteiger partial charge in [-0.2, -0.15) is 5.10 Å². The number of nitrogens with one attached hydrogen (secondary N) is 2. The predicted octanol–water partition coefficient (Wildman–Crippen LogP) is 4.52. The first-order valence-electron chi connectivity index (χ1n) is 10.0. The van der Waals surface area contributed by atoms with Crippen molar-refractivity contribution in [3.05, 3.63) is 101 Å². The molecule has 9 heteroatoms. The zero-order valence-electron chi connectivity index (χ0n) is 17.2. The largest absolute Gasteiger partial charge is 0.451 e. The number of H-pyrrole nitrogens is 1. The number of amides is 1. The summed E-state index contributed by atoms with van der Waals surface area (Å²) in [6.45, 7) is 0. The Hall–Kier alpha value is -4.24. The summed E-state index contributed by atoms with van der Waals surface area (Å²) in [4.78, 5) is 33.0. The lowest BCUT2D eigenvalue weighted by molar-refractivity contribution is 0.0998. The van der Waals surface area contributed by atoms with E-state index in [2.05, 4.69) is 25.5 Å². The Labute approximate surface area is 192 Å². The molecule has 0 aliphatic rings. The Morgan fingerprint density at radius 1 is 1.00 bits per heavy atom. The number of fused-ring (bicyclic) bond motifs is 1. The van der Waals surface area contributed by atoms with Gasteiger partial charge >= 0.3 is 0 Å². The Bertz CT molecular complexity index is 1480. The third kappa shape index (κ3) is 4.53. The van der Waals surface area contributed by atoms with Gasteiger partial charge in [0, 0.05) is 46.4 Å². The van der Waals surface area contributed by atoms with Crippen LogP contribution >= 0.6 is 11.8 Å². The number of para-hydroxylation sites is 1. The first-order valence-corrected chi connectivity index (χ1v) is 11.0. The van der Waals surface area contributed by atoms with Crippen LogP contribution in [0.5, 0.6) is 0 Å². The van der Waals surface area contributed by atoms with Gasteiger partial charge in [0.15, 0.2) is 10.9 Å². The minimum atomic E-state index is -0.359. The van der Waals surface area contributed by atoms with E-state index in [4.69, 9.17) is 4.42 Å². The van der Waals surface area contributed by atoms with E-state index >= 15 is 0 Å². The number of furan rings is 1. The molecule has 0 radical (unpaired) electrons. The minimum Gasteiger partial charge on any atom is -0.451 e. The van der Waals surface area contributed by atoms with Crippen molar-refractivity contribution in [2.24, 2.45) is 0 Å². The van der Waals surface area contributed by atoms with E-state index in [0.29, 0.717) is 27.9 Å². The molecule has 33 heavy (non-hydrogen) atoms. The molecule has 0 aliphatic carbocycles. The zero-order valence-corrected chi connectivity index (χ0v) is 18.0. The van der Waals surface area contributed by atoms with E-state index in [1.54, 1.807) is 42.7 Å². The van der Waals surface area contributed by atoms with E-state index in [1.165, 1.54) is 17.8 Å². The lowest BCUT2D eigenvalue weighted by Gasteiger charge is -2.07. The number of aromatic amines is 1. The smallest absolute Gasteiger partial charge is 0.291 e. The summed E-state index contributed by atoms with van der Waals surface area (Å²) in [6.07, 6.45) is 3.36. The van der Waals surface area contributed by atoms with Crippen LogP contribution in [0.15, 0.2) is 93.5 Å². The second-order valence-corrected chi connectivity index (χ2v) is 8.01. The van der Waals surface area contributed by atoms with E-state index in [-0.39, 0.29) is 17.2 Å². The lowest BCUT2D eigenvalue weighted by Crippen LogP contribution is -2.13. The first kappa shape index (κ1) is 20.7. The highest BCUT2D eigenvalue weighted by Gasteiger charge is 2.21. The van der Waals surface area contributed by atoms with E-state index in [9.17, 15) is 9.59 Å². The van der Waals surface area contributed by atoms with Crippen molar-refractivity contribution >= 4 is 34.3 Å². The molecule has 3 heterocycles. The van der Waals surface area contributed by atoms with Crippen LogP contribution in [0.2, 0.25) is 0 Å². The number of carbonyl (C=O) groups is 1. The number of aromatic nitrogens is 4. The Morgan fingerprint density at radius 3 is 2.67 bits per heavy atom. The van der Waals surface area contributed by atoms with Gasteiger partial charge in [-0.25, -0.2) is 15.1 Å². The maximum absolute atomic E-state index is 13.2. The Kier molecular flexibility index (Phi) is 5.69. The molecule has 5 aromatic rings. The monoisotopic (exact) mass is 455 g/mol. The number of nitrogens with zero attached hydrogens (tertiary/aromatic N) is 3. The molecule has 162 valence electrons. The Balaban J connectivity index is 1.43. The van der Waals surface area contributed by atoms with Crippen molar-refractivity contribution in [1.82, 2.24) is 20.2 Å². The summed E-state index contributed by atoms with van der Waals surface area (Å²) in [5.41, 5.74) is 3.06. The Morgan fingerprint density at radius 2 is 1.85 bits per heavy atom. The summed E-state index contributed by atoms with van der Waals surface area (Å²) < 4.78 is 5.93. The molecule has 0 saturated heterocycles. The van der Waals surface area contributed by atoms with Crippen LogP contribution < -0.4 is 10.9 Å². The van der Waals surface area contributed by atoms with Crippen LogP contribution in [0.3, 0.4) is 0 Å². The minimum absolute atomic E-state index is 0.243. The number of hydrogen-bond acceptors (Lipinski definition) is 7. The van der Waals surface area contributed by atoms with Crippen LogP contribution in [-0.2, 0) is 5.75 Å². The van der Waals surface area contributed by atoms with E-state index < -0.39 is 0 Å². The molecule has 8 nitrogen and oxygen atoms in total. The highest BCUT2D eigenvalue weighted by atomic mass is 32.2. The molecule has 1 amide bonds. The third-order valence-corrected chi connectivity index (χ3v) is 5.79. The van der Waals surface area contributed by atoms with Gasteiger partial charge in [0.1, 0.15) is 5.58 Å². The summed E-state index contributed by atoms with van der Waals surface area (Å²) in [5, 5.41) is 10.9. The summed E-state index contributed by atoms with van der Waals surface area (Å²) in [7, 11) is 0. The quantitative estimate of drug-likeness (QED) is 0.286. The number of anilines is 1. The van der Waals surface area contributed by atoms with Gasteiger partial charge in [-0.05, 0) is 30.3 Å². The van der Waals surface area contributed by atoms with Crippen LogP contribution in [0.25, 0.3) is 22.2 Å². The molecule has 2 aromatic carbocycles. The molecule has 0 spiro atoms. The van der Waals surface area contributed by atoms with Gasteiger partial charge in [-0.3, -0.25) is 9.59 Å². The molecule has 0 aliphatic heterocycles. The zero-order chi connectivity index (χ0) is 22.6. The van der Waals surface area contributed by atoms with Crippen LogP contribution in [-0.4, -0.2) is 26.1 Å². The van der Waals surface area contributed by atoms with Crippen molar-refractivity contribution in [3.63, 3.8) is 0 Å². The van der Waals surface area contributed by atoms with Gasteiger partial charge in [-0.15, -0.1) is 0 Å². The fourth-order valence-electron chi connectivity index (χ4n) is 3.37. The summed E-state index contributed by atoms with van der Waals surface area (Å²) in [6, 6.07) is 19.5. The average Bonchev–Trinajstić information content (AvgIpc) is 3.23. The van der Waals surface area contributed by atoms with Gasteiger partial charge < -0.3 is 9.73 Å². The highest BCUT2D eigenvalue weighted by molar-refractivity contribution is 7.98. The van der Waals surface area contributed by atoms with Crippen LogP contribution in [0.4, 0.5) is 5.69 Å². The number of carbonyl (C=O) groups excluding carboxylic acids is 1. The van der Waals surface area contributed by atoms with Crippen molar-refractivity contribution < 1.29 is 9.21 Å². The van der Waals surface area contributed by atoms with E-state index in [1.807, 2.05) is 30.3 Å². The third-order valence-electron chi connectivity index (χ3n) is 4.89. The number of hydrogen-bond donors (Lipinski definition) is 2. The van der Waals surface area contributed by atoms with Crippen LogP contribution in [0.1, 0.15) is 16.1 Å². The summed E-state index contributed by atoms with van der Waals surface area (Å²) >= 11 is 1.43. The highest BCUT2D eigenvalue weighted by Crippen LogP contribution is 2.31. The first-order chi connectivity index (χ1) is 16.2. The molecule has 0 saturated carbocycles. The maximum Gasteiger partial charge on any atom is 0.291 e. The average molecular weight is 455 g/mol. The normalized spacial score (nSPS) is 10.9. The number of benzene rings is 2. The second-order valence-electron chi connectivity index (χ2n) is 7.07. The molecule has 0 bridgehead atoms. The van der Waals surface area contributed by atoms with Gasteiger partial charge in [0.05, 0.1) is 5.69 Å². The standard InChI is InChI=1S/C24H17N5O3S/c30-21-10-9-19(28-29-21)15-5-3-6-16(13-15)27-23(31)22-18(14-33-24-25-11-4-12-26-24)17-7-1-2-8-20(17)32-22/h1-13H,14H2,(H,27,31)(H,29,30). The molecule has 0 fully saturated rings. The predicted molar refractivity (Wildman–Crippen MR) is 126 cm³/mol. The van der Waals surface area contributed by atoms with Crippen molar-refractivity contribution in [2.75, 3.05) is 5.32 Å². The molecule has 0 atom stereocenters. The molecular weight excluding hydrogens is 438 g/mol. The SMILES string of the molecule is O=C(Nc1cccc(-c2ccc(=O)[nH]n2)c1)c1oc2ccccc2c1CSc1ncccn1. The van der Waals surface area contributed by atoms with E-state index in [0.717, 1.165) is 16.5 Å².